The van der Waals surface area contributed by atoms with E-state index in [-0.39, 0.29) is 6.10 Å². The van der Waals surface area contributed by atoms with Crippen molar-refractivity contribution in [3.05, 3.63) is 28.8 Å². The molecule has 2 unspecified atom stereocenters. The summed E-state index contributed by atoms with van der Waals surface area (Å²) in [7, 11) is 4.22. The van der Waals surface area contributed by atoms with E-state index < -0.39 is 0 Å². The van der Waals surface area contributed by atoms with Gasteiger partial charge in [-0.2, -0.15) is 0 Å². The Balaban J connectivity index is 1.86. The number of hydrogen-bond donors (Lipinski definition) is 1. The van der Waals surface area contributed by atoms with Crippen molar-refractivity contribution in [3.63, 3.8) is 0 Å². The maximum absolute atomic E-state index is 6.02. The zero-order valence-electron chi connectivity index (χ0n) is 12.8. The van der Waals surface area contributed by atoms with Crippen molar-refractivity contribution in [2.24, 2.45) is 5.92 Å². The molecule has 0 aromatic heterocycles. The summed E-state index contributed by atoms with van der Waals surface area (Å²) in [4.78, 5) is 2.22. The van der Waals surface area contributed by atoms with E-state index in [0.717, 1.165) is 30.3 Å². The van der Waals surface area contributed by atoms with Crippen LogP contribution in [0.3, 0.4) is 0 Å². The highest BCUT2D eigenvalue weighted by Gasteiger charge is 2.24. The van der Waals surface area contributed by atoms with Gasteiger partial charge < -0.3 is 15.0 Å². The van der Waals surface area contributed by atoms with Crippen LogP contribution in [0, 0.1) is 5.92 Å². The third kappa shape index (κ3) is 4.11. The molecule has 0 saturated heterocycles. The minimum Gasteiger partial charge on any atom is -0.488 e. The molecule has 0 bridgehead atoms. The molecule has 2 atom stereocenters. The van der Waals surface area contributed by atoms with Crippen LogP contribution < -0.4 is 10.1 Å². The predicted octanol–water partition coefficient (Wildman–Crippen LogP) is 2.82. The van der Waals surface area contributed by atoms with Gasteiger partial charge in [0.1, 0.15) is 11.9 Å². The van der Waals surface area contributed by atoms with Crippen molar-refractivity contribution in [2.75, 3.05) is 27.2 Å². The first-order chi connectivity index (χ1) is 9.45. The van der Waals surface area contributed by atoms with Crippen LogP contribution >= 0.6 is 11.6 Å². The smallest absolute Gasteiger partial charge is 0.123 e. The molecule has 4 heteroatoms. The minimum absolute atomic E-state index is 0.215. The van der Waals surface area contributed by atoms with Crippen molar-refractivity contribution in [2.45, 2.75) is 32.4 Å². The van der Waals surface area contributed by atoms with Crippen LogP contribution in [0.25, 0.3) is 0 Å². The van der Waals surface area contributed by atoms with E-state index in [4.69, 9.17) is 16.3 Å². The second-order valence-electron chi connectivity index (χ2n) is 6.22. The van der Waals surface area contributed by atoms with Crippen LogP contribution in [-0.2, 0) is 6.42 Å². The maximum atomic E-state index is 6.02. The Morgan fingerprint density at radius 1 is 1.40 bits per heavy atom. The summed E-state index contributed by atoms with van der Waals surface area (Å²) in [6.45, 7) is 6.43. The van der Waals surface area contributed by atoms with Gasteiger partial charge in [-0.1, -0.05) is 25.4 Å². The lowest BCUT2D eigenvalue weighted by molar-refractivity contribution is 0.204. The Morgan fingerprint density at radius 2 is 2.15 bits per heavy atom. The summed E-state index contributed by atoms with van der Waals surface area (Å²) in [6, 6.07) is 6.36. The summed E-state index contributed by atoms with van der Waals surface area (Å²) in [5.41, 5.74) is 1.22. The molecular weight excluding hydrogens is 272 g/mol. The van der Waals surface area contributed by atoms with Gasteiger partial charge in [-0.05, 0) is 43.8 Å². The minimum atomic E-state index is 0.215. The van der Waals surface area contributed by atoms with Gasteiger partial charge >= 0.3 is 0 Å². The van der Waals surface area contributed by atoms with Gasteiger partial charge in [0, 0.05) is 30.6 Å². The van der Waals surface area contributed by atoms with E-state index in [1.54, 1.807) is 0 Å². The lowest BCUT2D eigenvalue weighted by atomic mass is 10.0. The molecule has 1 aliphatic heterocycles. The van der Waals surface area contributed by atoms with Gasteiger partial charge in [-0.25, -0.2) is 0 Å². The second kappa shape index (κ2) is 6.79. The summed E-state index contributed by atoms with van der Waals surface area (Å²) in [6.07, 6.45) is 1.15. The van der Waals surface area contributed by atoms with Crippen molar-refractivity contribution >= 4 is 11.6 Å². The number of benzene rings is 1. The molecule has 0 saturated carbocycles. The Bertz CT molecular complexity index is 448. The molecule has 1 N–H and O–H groups in total. The Kier molecular flexibility index (Phi) is 5.30. The average Bonchev–Trinajstić information content (AvgIpc) is 2.75. The van der Waals surface area contributed by atoms with Crippen LogP contribution in [0.2, 0.25) is 5.02 Å². The molecule has 0 spiro atoms. The monoisotopic (exact) mass is 296 g/mol. The second-order valence-corrected chi connectivity index (χ2v) is 6.65. The molecule has 3 nitrogen and oxygen atoms in total. The van der Waals surface area contributed by atoms with Crippen molar-refractivity contribution in [1.29, 1.82) is 0 Å². The number of hydrogen-bond acceptors (Lipinski definition) is 3. The normalized spacial score (nSPS) is 19.2. The number of ether oxygens (including phenoxy) is 1. The zero-order valence-corrected chi connectivity index (χ0v) is 13.6. The highest BCUT2D eigenvalue weighted by atomic mass is 35.5. The first-order valence-corrected chi connectivity index (χ1v) is 7.66. The number of rotatable bonds is 6. The van der Waals surface area contributed by atoms with E-state index >= 15 is 0 Å². The summed E-state index contributed by atoms with van der Waals surface area (Å²) >= 11 is 6.02. The van der Waals surface area contributed by atoms with Crippen LogP contribution in [0.1, 0.15) is 19.4 Å². The zero-order chi connectivity index (χ0) is 14.7. The van der Waals surface area contributed by atoms with Gasteiger partial charge in [-0.3, -0.25) is 0 Å². The van der Waals surface area contributed by atoms with Gasteiger partial charge in [0.2, 0.25) is 0 Å². The number of halogens is 1. The lowest BCUT2D eigenvalue weighted by Gasteiger charge is -2.27. The van der Waals surface area contributed by atoms with Crippen LogP contribution in [0.15, 0.2) is 18.2 Å². The molecule has 20 heavy (non-hydrogen) atoms. The Hall–Kier alpha value is -0.770. The predicted molar refractivity (Wildman–Crippen MR) is 84.8 cm³/mol. The number of fused-ring (bicyclic) bond motifs is 1. The third-order valence-electron chi connectivity index (χ3n) is 3.74. The van der Waals surface area contributed by atoms with Gasteiger partial charge in [-0.15, -0.1) is 0 Å². The summed E-state index contributed by atoms with van der Waals surface area (Å²) in [5, 5.41) is 4.43. The first-order valence-electron chi connectivity index (χ1n) is 7.29. The molecule has 0 aliphatic carbocycles. The molecule has 2 rings (SSSR count). The fraction of sp³-hybridized carbons (Fsp3) is 0.625. The molecule has 1 aliphatic rings. The Morgan fingerprint density at radius 3 is 2.80 bits per heavy atom. The molecule has 112 valence electrons. The quantitative estimate of drug-likeness (QED) is 0.874. The fourth-order valence-electron chi connectivity index (χ4n) is 2.59. The van der Waals surface area contributed by atoms with Gasteiger partial charge in [0.15, 0.2) is 0 Å². The van der Waals surface area contributed by atoms with Crippen molar-refractivity contribution < 1.29 is 4.74 Å². The van der Waals surface area contributed by atoms with Gasteiger partial charge in [0.05, 0.1) is 0 Å². The van der Waals surface area contributed by atoms with Crippen molar-refractivity contribution in [3.8, 4) is 5.75 Å². The van der Waals surface area contributed by atoms with E-state index in [2.05, 4.69) is 38.2 Å². The van der Waals surface area contributed by atoms with E-state index in [1.165, 1.54) is 5.56 Å². The average molecular weight is 297 g/mol. The first kappa shape index (κ1) is 15.6. The SMILES string of the molecule is CC(C)C(CN(C)C)NCC1Cc2cc(Cl)ccc2O1. The highest BCUT2D eigenvalue weighted by molar-refractivity contribution is 6.30. The number of likely N-dealkylation sites (N-methyl/N-ethyl adjacent to an activating group) is 1. The molecule has 1 aromatic rings. The Labute approximate surface area is 127 Å². The van der Waals surface area contributed by atoms with Crippen LogP contribution in [0.4, 0.5) is 0 Å². The molecule has 0 fully saturated rings. The number of nitrogens with one attached hydrogen (secondary N) is 1. The van der Waals surface area contributed by atoms with E-state index in [1.807, 2.05) is 18.2 Å². The van der Waals surface area contributed by atoms with Crippen LogP contribution in [0.5, 0.6) is 5.75 Å². The number of nitrogens with zero attached hydrogens (tertiary/aromatic N) is 1. The summed E-state index contributed by atoms with van der Waals surface area (Å²) in [5.74, 6) is 1.59. The molecule has 1 heterocycles. The topological polar surface area (TPSA) is 24.5 Å². The molecule has 0 radical (unpaired) electrons. The highest BCUT2D eigenvalue weighted by Crippen LogP contribution is 2.30. The molecule has 1 aromatic carbocycles. The van der Waals surface area contributed by atoms with E-state index in [9.17, 15) is 0 Å². The van der Waals surface area contributed by atoms with E-state index in [0.29, 0.717) is 12.0 Å². The van der Waals surface area contributed by atoms with Gasteiger partial charge in [0.25, 0.3) is 0 Å². The largest absolute Gasteiger partial charge is 0.488 e. The van der Waals surface area contributed by atoms with Crippen molar-refractivity contribution in [1.82, 2.24) is 10.2 Å². The van der Waals surface area contributed by atoms with Crippen LogP contribution in [-0.4, -0.2) is 44.2 Å². The maximum Gasteiger partial charge on any atom is 0.123 e. The fourth-order valence-corrected chi connectivity index (χ4v) is 2.78. The third-order valence-corrected chi connectivity index (χ3v) is 3.97. The molecular formula is C16H25ClN2O. The molecule has 0 amide bonds. The lowest BCUT2D eigenvalue weighted by Crippen LogP contribution is -2.45. The summed E-state index contributed by atoms with van der Waals surface area (Å²) < 4.78 is 5.96. The standard InChI is InChI=1S/C16H25ClN2O/c1-11(2)15(10-19(3)4)18-9-14-8-12-7-13(17)5-6-16(12)20-14/h5-7,11,14-15,18H,8-10H2,1-4H3.